The standard InChI is InChI=1S/C10H13NO2/c1-3-11(10(12)13)9-7-5-4-6-8(9)2/h4-7H,3H2,1-2H3,(H,12,13). The smallest absolute Gasteiger partial charge is 0.411 e. The molecular weight excluding hydrogens is 166 g/mol. The van der Waals surface area contributed by atoms with Crippen LogP contribution in [0.3, 0.4) is 0 Å². The average molecular weight is 179 g/mol. The van der Waals surface area contributed by atoms with Crippen LogP contribution in [-0.4, -0.2) is 17.7 Å². The van der Waals surface area contributed by atoms with Crippen LogP contribution in [0.15, 0.2) is 24.3 Å². The molecule has 70 valence electrons. The molecule has 0 radical (unpaired) electrons. The zero-order valence-electron chi connectivity index (χ0n) is 7.82. The summed E-state index contributed by atoms with van der Waals surface area (Å²) >= 11 is 0. The van der Waals surface area contributed by atoms with Crippen LogP contribution < -0.4 is 4.90 Å². The van der Waals surface area contributed by atoms with Gasteiger partial charge in [-0.3, -0.25) is 4.90 Å². The van der Waals surface area contributed by atoms with Crippen molar-refractivity contribution in [3.63, 3.8) is 0 Å². The molecule has 0 aliphatic heterocycles. The van der Waals surface area contributed by atoms with Gasteiger partial charge in [0.15, 0.2) is 0 Å². The molecule has 0 spiro atoms. The number of hydrogen-bond donors (Lipinski definition) is 1. The Kier molecular flexibility index (Phi) is 2.90. The van der Waals surface area contributed by atoms with Crippen molar-refractivity contribution in [2.24, 2.45) is 0 Å². The molecule has 0 heterocycles. The third kappa shape index (κ3) is 1.99. The summed E-state index contributed by atoms with van der Waals surface area (Å²) in [5, 5.41) is 8.88. The predicted molar refractivity (Wildman–Crippen MR) is 52.2 cm³/mol. The van der Waals surface area contributed by atoms with Gasteiger partial charge in [0.2, 0.25) is 0 Å². The SMILES string of the molecule is CCN(C(=O)O)c1ccccc1C. The van der Waals surface area contributed by atoms with Crippen molar-refractivity contribution in [2.75, 3.05) is 11.4 Å². The Bertz CT molecular complexity index is 310. The number of carbonyl (C=O) groups is 1. The fourth-order valence-electron chi connectivity index (χ4n) is 1.27. The van der Waals surface area contributed by atoms with E-state index in [1.54, 1.807) is 0 Å². The number of para-hydroxylation sites is 1. The van der Waals surface area contributed by atoms with Crippen molar-refractivity contribution in [2.45, 2.75) is 13.8 Å². The van der Waals surface area contributed by atoms with Gasteiger partial charge in [-0.25, -0.2) is 4.79 Å². The number of nitrogens with zero attached hydrogens (tertiary/aromatic N) is 1. The first-order chi connectivity index (χ1) is 6.16. The summed E-state index contributed by atoms with van der Waals surface area (Å²) in [6.45, 7) is 4.20. The van der Waals surface area contributed by atoms with Crippen molar-refractivity contribution in [3.05, 3.63) is 29.8 Å². The molecule has 1 rings (SSSR count). The topological polar surface area (TPSA) is 40.5 Å². The molecule has 0 fully saturated rings. The molecule has 0 aliphatic rings. The van der Waals surface area contributed by atoms with Gasteiger partial charge in [-0.15, -0.1) is 0 Å². The van der Waals surface area contributed by atoms with Gasteiger partial charge >= 0.3 is 6.09 Å². The molecular formula is C10H13NO2. The van der Waals surface area contributed by atoms with Crippen molar-refractivity contribution in [1.82, 2.24) is 0 Å². The minimum absolute atomic E-state index is 0.472. The Labute approximate surface area is 77.6 Å². The van der Waals surface area contributed by atoms with E-state index in [9.17, 15) is 4.79 Å². The number of amides is 1. The third-order valence-corrected chi connectivity index (χ3v) is 1.95. The van der Waals surface area contributed by atoms with Crippen LogP contribution in [-0.2, 0) is 0 Å². The summed E-state index contributed by atoms with van der Waals surface area (Å²) in [5.41, 5.74) is 1.74. The first kappa shape index (κ1) is 9.58. The zero-order valence-corrected chi connectivity index (χ0v) is 7.82. The average Bonchev–Trinajstić information content (AvgIpc) is 2.09. The summed E-state index contributed by atoms with van der Waals surface area (Å²) in [7, 11) is 0. The number of carboxylic acid groups (broad SMARTS) is 1. The van der Waals surface area contributed by atoms with E-state index in [4.69, 9.17) is 5.11 Å². The molecule has 0 unspecified atom stereocenters. The van der Waals surface area contributed by atoms with Gasteiger partial charge in [0.1, 0.15) is 0 Å². The normalized spacial score (nSPS) is 9.69. The van der Waals surface area contributed by atoms with Crippen LogP contribution in [0.25, 0.3) is 0 Å². The molecule has 1 aromatic carbocycles. The van der Waals surface area contributed by atoms with Crippen molar-refractivity contribution in [1.29, 1.82) is 0 Å². The second kappa shape index (κ2) is 3.94. The minimum atomic E-state index is -0.906. The van der Waals surface area contributed by atoms with E-state index in [-0.39, 0.29) is 0 Å². The van der Waals surface area contributed by atoms with E-state index in [2.05, 4.69) is 0 Å². The lowest BCUT2D eigenvalue weighted by atomic mass is 10.2. The number of benzene rings is 1. The van der Waals surface area contributed by atoms with Gasteiger partial charge < -0.3 is 5.11 Å². The maximum absolute atomic E-state index is 10.8. The van der Waals surface area contributed by atoms with Crippen LogP contribution in [0.1, 0.15) is 12.5 Å². The van der Waals surface area contributed by atoms with Gasteiger partial charge in [0.05, 0.1) is 0 Å². The molecule has 13 heavy (non-hydrogen) atoms. The molecule has 0 aromatic heterocycles. The summed E-state index contributed by atoms with van der Waals surface area (Å²) in [6, 6.07) is 7.45. The lowest BCUT2D eigenvalue weighted by Gasteiger charge is -2.18. The van der Waals surface area contributed by atoms with E-state index in [0.29, 0.717) is 6.54 Å². The summed E-state index contributed by atoms with van der Waals surface area (Å²) < 4.78 is 0. The second-order valence-corrected chi connectivity index (χ2v) is 2.81. The van der Waals surface area contributed by atoms with E-state index in [0.717, 1.165) is 11.3 Å². The molecule has 1 aromatic rings. The largest absolute Gasteiger partial charge is 0.465 e. The highest BCUT2D eigenvalue weighted by molar-refractivity contribution is 5.86. The molecule has 1 amide bonds. The van der Waals surface area contributed by atoms with E-state index < -0.39 is 6.09 Å². The first-order valence-electron chi connectivity index (χ1n) is 4.23. The zero-order chi connectivity index (χ0) is 9.84. The predicted octanol–water partition coefficient (Wildman–Crippen LogP) is 2.50. The molecule has 0 saturated heterocycles. The van der Waals surface area contributed by atoms with Gasteiger partial charge in [-0.1, -0.05) is 18.2 Å². The lowest BCUT2D eigenvalue weighted by molar-refractivity contribution is 0.202. The summed E-state index contributed by atoms with van der Waals surface area (Å²) in [6.07, 6.45) is -0.906. The highest BCUT2D eigenvalue weighted by Crippen LogP contribution is 2.18. The highest BCUT2D eigenvalue weighted by atomic mass is 16.4. The molecule has 0 bridgehead atoms. The number of hydrogen-bond acceptors (Lipinski definition) is 1. The molecule has 0 saturated carbocycles. The van der Waals surface area contributed by atoms with Crippen molar-refractivity contribution >= 4 is 11.8 Å². The Morgan fingerprint density at radius 1 is 1.46 bits per heavy atom. The van der Waals surface area contributed by atoms with E-state index >= 15 is 0 Å². The Hall–Kier alpha value is -1.51. The van der Waals surface area contributed by atoms with Gasteiger partial charge in [-0.2, -0.15) is 0 Å². The molecule has 1 N–H and O–H groups in total. The monoisotopic (exact) mass is 179 g/mol. The molecule has 0 atom stereocenters. The molecule has 3 nitrogen and oxygen atoms in total. The van der Waals surface area contributed by atoms with Crippen LogP contribution in [0.4, 0.5) is 10.5 Å². The maximum Gasteiger partial charge on any atom is 0.411 e. The molecule has 3 heteroatoms. The third-order valence-electron chi connectivity index (χ3n) is 1.95. The van der Waals surface area contributed by atoms with Gasteiger partial charge in [0, 0.05) is 12.2 Å². The lowest BCUT2D eigenvalue weighted by Crippen LogP contribution is -2.29. The van der Waals surface area contributed by atoms with Crippen LogP contribution in [0, 0.1) is 6.92 Å². The second-order valence-electron chi connectivity index (χ2n) is 2.81. The fourth-order valence-corrected chi connectivity index (χ4v) is 1.27. The summed E-state index contributed by atoms with van der Waals surface area (Å²) in [5.74, 6) is 0. The fraction of sp³-hybridized carbons (Fsp3) is 0.300. The van der Waals surface area contributed by atoms with Crippen LogP contribution >= 0.6 is 0 Å². The van der Waals surface area contributed by atoms with Gasteiger partial charge in [0.25, 0.3) is 0 Å². The number of rotatable bonds is 2. The Morgan fingerprint density at radius 2 is 2.08 bits per heavy atom. The van der Waals surface area contributed by atoms with E-state index in [1.807, 2.05) is 38.1 Å². The van der Waals surface area contributed by atoms with E-state index in [1.165, 1.54) is 4.90 Å². The Morgan fingerprint density at radius 3 is 2.54 bits per heavy atom. The maximum atomic E-state index is 10.8. The first-order valence-corrected chi connectivity index (χ1v) is 4.23. The highest BCUT2D eigenvalue weighted by Gasteiger charge is 2.12. The van der Waals surface area contributed by atoms with Crippen molar-refractivity contribution < 1.29 is 9.90 Å². The quantitative estimate of drug-likeness (QED) is 0.757. The molecule has 0 aliphatic carbocycles. The Balaban J connectivity index is 3.04. The number of aryl methyl sites for hydroxylation is 1. The van der Waals surface area contributed by atoms with Crippen LogP contribution in [0.2, 0.25) is 0 Å². The van der Waals surface area contributed by atoms with Gasteiger partial charge in [-0.05, 0) is 25.5 Å². The van der Waals surface area contributed by atoms with Crippen LogP contribution in [0.5, 0.6) is 0 Å². The minimum Gasteiger partial charge on any atom is -0.465 e. The van der Waals surface area contributed by atoms with Crippen molar-refractivity contribution in [3.8, 4) is 0 Å². The number of anilines is 1. The summed E-state index contributed by atoms with van der Waals surface area (Å²) in [4.78, 5) is 12.1.